The summed E-state index contributed by atoms with van der Waals surface area (Å²) in [7, 11) is 1.36. The van der Waals surface area contributed by atoms with Crippen LogP contribution in [-0.4, -0.2) is 30.6 Å². The molecule has 0 radical (unpaired) electrons. The molecule has 2 heterocycles. The third-order valence-corrected chi connectivity index (χ3v) is 4.31. The molecule has 1 aromatic heterocycles. The van der Waals surface area contributed by atoms with Crippen molar-refractivity contribution in [3.05, 3.63) is 33.7 Å². The number of ether oxygens (including phenoxy) is 1. The second-order valence-corrected chi connectivity index (χ2v) is 5.72. The summed E-state index contributed by atoms with van der Waals surface area (Å²) in [5.41, 5.74) is 2.09. The Labute approximate surface area is 128 Å². The second-order valence-electron chi connectivity index (χ2n) is 4.94. The van der Waals surface area contributed by atoms with Crippen molar-refractivity contribution >= 4 is 23.3 Å². The topological polar surface area (TPSA) is 58.6 Å². The van der Waals surface area contributed by atoms with E-state index in [9.17, 15) is 9.59 Å². The zero-order valence-corrected chi connectivity index (χ0v) is 13.3. The number of carbonyl (C=O) groups is 2. The van der Waals surface area contributed by atoms with Gasteiger partial charge in [-0.05, 0) is 35.7 Å². The standard InChI is InChI=1S/C15H20N2O3S/c1-4-5-7-17-10(2)12(14(18)20-3)13(16-15(17)19)11-6-8-21-9-11/h6,8-9,13H,4-5,7H2,1-3H3,(H,16,19). The van der Waals surface area contributed by atoms with Gasteiger partial charge in [-0.1, -0.05) is 13.3 Å². The molecule has 0 spiro atoms. The molecule has 0 aliphatic carbocycles. The highest BCUT2D eigenvalue weighted by Crippen LogP contribution is 2.32. The van der Waals surface area contributed by atoms with Gasteiger partial charge in [0, 0.05) is 12.2 Å². The maximum atomic E-state index is 12.3. The summed E-state index contributed by atoms with van der Waals surface area (Å²) in [6.45, 7) is 4.47. The normalized spacial score (nSPS) is 18.7. The van der Waals surface area contributed by atoms with E-state index in [-0.39, 0.29) is 6.03 Å². The van der Waals surface area contributed by atoms with Crippen LogP contribution in [0.4, 0.5) is 4.79 Å². The van der Waals surface area contributed by atoms with Gasteiger partial charge in [-0.2, -0.15) is 11.3 Å². The zero-order valence-electron chi connectivity index (χ0n) is 12.5. The number of nitrogens with one attached hydrogen (secondary N) is 1. The lowest BCUT2D eigenvalue weighted by Crippen LogP contribution is -2.48. The molecule has 114 valence electrons. The third kappa shape index (κ3) is 3.10. The van der Waals surface area contributed by atoms with Crippen molar-refractivity contribution in [2.75, 3.05) is 13.7 Å². The van der Waals surface area contributed by atoms with Gasteiger partial charge in [0.15, 0.2) is 0 Å². The van der Waals surface area contributed by atoms with Crippen molar-refractivity contribution in [1.29, 1.82) is 0 Å². The fourth-order valence-electron chi connectivity index (χ4n) is 2.43. The van der Waals surface area contributed by atoms with Crippen LogP contribution < -0.4 is 5.32 Å². The van der Waals surface area contributed by atoms with Gasteiger partial charge in [0.05, 0.1) is 18.7 Å². The van der Waals surface area contributed by atoms with Crippen LogP contribution in [0.5, 0.6) is 0 Å². The van der Waals surface area contributed by atoms with Crippen LogP contribution in [-0.2, 0) is 9.53 Å². The quantitative estimate of drug-likeness (QED) is 0.851. The first-order valence-corrected chi connectivity index (χ1v) is 7.93. The predicted octanol–water partition coefficient (Wildman–Crippen LogP) is 3.06. The van der Waals surface area contributed by atoms with E-state index in [4.69, 9.17) is 4.74 Å². The third-order valence-electron chi connectivity index (χ3n) is 3.61. The van der Waals surface area contributed by atoms with Gasteiger partial charge in [-0.15, -0.1) is 0 Å². The Morgan fingerprint density at radius 3 is 2.86 bits per heavy atom. The minimum Gasteiger partial charge on any atom is -0.466 e. The highest BCUT2D eigenvalue weighted by Gasteiger charge is 2.35. The molecule has 1 unspecified atom stereocenters. The molecule has 2 rings (SSSR count). The fourth-order valence-corrected chi connectivity index (χ4v) is 3.12. The second kappa shape index (κ2) is 6.76. The van der Waals surface area contributed by atoms with Gasteiger partial charge in [-0.3, -0.25) is 4.90 Å². The molecule has 6 heteroatoms. The van der Waals surface area contributed by atoms with Crippen LogP contribution in [0.15, 0.2) is 28.1 Å². The number of amides is 2. The zero-order chi connectivity index (χ0) is 15.4. The Hall–Kier alpha value is -1.82. The first kappa shape index (κ1) is 15.6. The van der Waals surface area contributed by atoms with Crippen LogP contribution in [0.3, 0.4) is 0 Å². The van der Waals surface area contributed by atoms with Gasteiger partial charge in [0.1, 0.15) is 0 Å². The van der Waals surface area contributed by atoms with Gasteiger partial charge in [0.2, 0.25) is 0 Å². The molecular formula is C15H20N2O3S. The molecule has 1 aliphatic rings. The Bertz CT molecular complexity index is 551. The molecular weight excluding hydrogens is 288 g/mol. The number of unbranched alkanes of at least 4 members (excludes halogenated alkanes) is 1. The summed E-state index contributed by atoms with van der Waals surface area (Å²) >= 11 is 1.53. The summed E-state index contributed by atoms with van der Waals surface area (Å²) in [6, 6.07) is 1.31. The van der Waals surface area contributed by atoms with Crippen LogP contribution in [0, 0.1) is 0 Å². The van der Waals surface area contributed by atoms with Crippen LogP contribution >= 0.6 is 11.3 Å². The van der Waals surface area contributed by atoms with Crippen molar-refractivity contribution in [3.8, 4) is 0 Å². The molecule has 21 heavy (non-hydrogen) atoms. The molecule has 1 N–H and O–H groups in total. The van der Waals surface area contributed by atoms with Crippen LogP contribution in [0.25, 0.3) is 0 Å². The number of hydrogen-bond acceptors (Lipinski definition) is 4. The predicted molar refractivity (Wildman–Crippen MR) is 81.9 cm³/mol. The van der Waals surface area contributed by atoms with E-state index in [2.05, 4.69) is 12.2 Å². The lowest BCUT2D eigenvalue weighted by molar-refractivity contribution is -0.136. The number of allylic oxidation sites excluding steroid dienone is 1. The Morgan fingerprint density at radius 1 is 1.52 bits per heavy atom. The molecule has 1 aromatic rings. The van der Waals surface area contributed by atoms with Crippen molar-refractivity contribution in [1.82, 2.24) is 10.2 Å². The lowest BCUT2D eigenvalue weighted by atomic mass is 9.97. The number of urea groups is 1. The van der Waals surface area contributed by atoms with Crippen LogP contribution in [0.1, 0.15) is 38.3 Å². The maximum Gasteiger partial charge on any atom is 0.337 e. The number of esters is 1. The van der Waals surface area contributed by atoms with E-state index in [1.165, 1.54) is 18.4 Å². The number of rotatable bonds is 5. The van der Waals surface area contributed by atoms with Gasteiger partial charge < -0.3 is 10.1 Å². The molecule has 1 atom stereocenters. The van der Waals surface area contributed by atoms with E-state index in [1.807, 2.05) is 16.8 Å². The number of hydrogen-bond donors (Lipinski definition) is 1. The largest absolute Gasteiger partial charge is 0.466 e. The number of thiophene rings is 1. The fraction of sp³-hybridized carbons (Fsp3) is 0.467. The van der Waals surface area contributed by atoms with E-state index < -0.39 is 12.0 Å². The minimum absolute atomic E-state index is 0.162. The van der Waals surface area contributed by atoms with Gasteiger partial charge >= 0.3 is 12.0 Å². The summed E-state index contributed by atoms with van der Waals surface area (Å²) in [5.74, 6) is -0.398. The summed E-state index contributed by atoms with van der Waals surface area (Å²) in [5, 5.41) is 6.77. The smallest absolute Gasteiger partial charge is 0.337 e. The first-order chi connectivity index (χ1) is 10.1. The molecule has 0 saturated heterocycles. The molecule has 0 fully saturated rings. The monoisotopic (exact) mass is 308 g/mol. The van der Waals surface area contributed by atoms with E-state index >= 15 is 0 Å². The average molecular weight is 308 g/mol. The van der Waals surface area contributed by atoms with Crippen molar-refractivity contribution in [2.24, 2.45) is 0 Å². The molecule has 5 nitrogen and oxygen atoms in total. The SMILES string of the molecule is CCCCN1C(=O)NC(c2ccsc2)C(C(=O)OC)=C1C. The Balaban J connectivity index is 2.42. The highest BCUT2D eigenvalue weighted by molar-refractivity contribution is 7.08. The summed E-state index contributed by atoms with van der Waals surface area (Å²) in [6.07, 6.45) is 1.88. The number of carbonyl (C=O) groups excluding carboxylic acids is 2. The van der Waals surface area contributed by atoms with Crippen molar-refractivity contribution < 1.29 is 14.3 Å². The van der Waals surface area contributed by atoms with Crippen LogP contribution in [0.2, 0.25) is 0 Å². The average Bonchev–Trinajstić information content (AvgIpc) is 3.00. The highest BCUT2D eigenvalue weighted by atomic mass is 32.1. The van der Waals surface area contributed by atoms with Crippen molar-refractivity contribution in [3.63, 3.8) is 0 Å². The Morgan fingerprint density at radius 2 is 2.29 bits per heavy atom. The Kier molecular flexibility index (Phi) is 5.01. The van der Waals surface area contributed by atoms with E-state index in [0.717, 1.165) is 18.4 Å². The first-order valence-electron chi connectivity index (χ1n) is 6.99. The molecule has 0 saturated carbocycles. The molecule has 1 aliphatic heterocycles. The van der Waals surface area contributed by atoms with Gasteiger partial charge in [0.25, 0.3) is 0 Å². The lowest BCUT2D eigenvalue weighted by Gasteiger charge is -2.34. The van der Waals surface area contributed by atoms with E-state index in [1.54, 1.807) is 11.8 Å². The van der Waals surface area contributed by atoms with E-state index in [0.29, 0.717) is 17.8 Å². The van der Waals surface area contributed by atoms with Crippen molar-refractivity contribution in [2.45, 2.75) is 32.7 Å². The molecule has 0 bridgehead atoms. The molecule has 0 aromatic carbocycles. The summed E-state index contributed by atoms with van der Waals surface area (Å²) in [4.78, 5) is 26.1. The summed E-state index contributed by atoms with van der Waals surface area (Å²) < 4.78 is 4.91. The van der Waals surface area contributed by atoms with Gasteiger partial charge in [-0.25, -0.2) is 9.59 Å². The number of nitrogens with zero attached hydrogens (tertiary/aromatic N) is 1. The number of methoxy groups -OCH3 is 1. The maximum absolute atomic E-state index is 12.3. The minimum atomic E-state index is -0.436. The molecule has 2 amide bonds.